The number of thiocarbonyl (C=S) groups is 1. The number of hydrogen-bond donors (Lipinski definition) is 1. The summed E-state index contributed by atoms with van der Waals surface area (Å²) in [6, 6.07) is 18.7. The first-order valence-corrected chi connectivity index (χ1v) is 8.27. The van der Waals surface area contributed by atoms with E-state index in [1.54, 1.807) is 7.11 Å². The zero-order chi connectivity index (χ0) is 16.7. The van der Waals surface area contributed by atoms with Crippen molar-refractivity contribution in [2.45, 2.75) is 26.3 Å². The van der Waals surface area contributed by atoms with E-state index >= 15 is 0 Å². The van der Waals surface area contributed by atoms with Crippen LogP contribution in [0.3, 0.4) is 0 Å². The molecule has 2 aromatic rings. The number of hydrogen-bond acceptors (Lipinski definition) is 2. The molecule has 0 saturated carbocycles. The van der Waals surface area contributed by atoms with Gasteiger partial charge in [0.25, 0.3) is 0 Å². The van der Waals surface area contributed by atoms with E-state index in [0.717, 1.165) is 29.5 Å². The van der Waals surface area contributed by atoms with E-state index in [4.69, 9.17) is 17.0 Å². The van der Waals surface area contributed by atoms with E-state index < -0.39 is 0 Å². The minimum Gasteiger partial charge on any atom is -0.497 e. The van der Waals surface area contributed by atoms with Crippen molar-refractivity contribution in [1.29, 1.82) is 0 Å². The maximum atomic E-state index is 5.58. The lowest BCUT2D eigenvalue weighted by atomic mass is 10.1. The van der Waals surface area contributed by atoms with Gasteiger partial charge in [-0.15, -0.1) is 0 Å². The Balaban J connectivity index is 1.91. The van der Waals surface area contributed by atoms with Crippen molar-refractivity contribution < 1.29 is 4.74 Å². The van der Waals surface area contributed by atoms with Gasteiger partial charge in [0, 0.05) is 18.3 Å². The van der Waals surface area contributed by atoms with Gasteiger partial charge in [-0.3, -0.25) is 0 Å². The van der Waals surface area contributed by atoms with Crippen LogP contribution in [0.2, 0.25) is 0 Å². The van der Waals surface area contributed by atoms with E-state index in [-0.39, 0.29) is 0 Å². The highest BCUT2D eigenvalue weighted by Gasteiger charge is 2.14. The number of nitrogens with one attached hydrogen (secondary N) is 1. The summed E-state index contributed by atoms with van der Waals surface area (Å²) in [4.78, 5) is 2.14. The molecule has 3 nitrogen and oxygen atoms in total. The summed E-state index contributed by atoms with van der Waals surface area (Å²) in [5.41, 5.74) is 2.38. The maximum absolute atomic E-state index is 5.58. The van der Waals surface area contributed by atoms with Crippen LogP contribution in [0.4, 0.5) is 5.69 Å². The molecule has 0 fully saturated rings. The van der Waals surface area contributed by atoms with Gasteiger partial charge in [0.05, 0.1) is 7.11 Å². The second-order valence-electron chi connectivity index (χ2n) is 5.63. The van der Waals surface area contributed by atoms with Crippen LogP contribution in [0.15, 0.2) is 54.6 Å². The molecular formula is C19H24N2OS. The molecule has 0 saturated heterocycles. The lowest BCUT2D eigenvalue weighted by molar-refractivity contribution is 0.414. The quantitative estimate of drug-likeness (QED) is 0.809. The topological polar surface area (TPSA) is 24.5 Å². The third-order valence-corrected chi connectivity index (χ3v) is 3.96. The van der Waals surface area contributed by atoms with Crippen LogP contribution in [0.1, 0.15) is 19.4 Å². The fourth-order valence-corrected chi connectivity index (χ4v) is 2.85. The first-order chi connectivity index (χ1) is 11.1. The Morgan fingerprint density at radius 3 is 2.30 bits per heavy atom. The van der Waals surface area contributed by atoms with Gasteiger partial charge in [-0.1, -0.05) is 30.3 Å². The summed E-state index contributed by atoms with van der Waals surface area (Å²) in [5.74, 6) is 0.882. The minimum absolute atomic E-state index is 0.304. The molecule has 0 aromatic heterocycles. The van der Waals surface area contributed by atoms with Crippen molar-refractivity contribution in [3.8, 4) is 5.75 Å². The number of ether oxygens (including phenoxy) is 1. The first-order valence-electron chi connectivity index (χ1n) is 7.87. The lowest BCUT2D eigenvalue weighted by Crippen LogP contribution is -2.44. The van der Waals surface area contributed by atoms with Crippen molar-refractivity contribution >= 4 is 23.0 Å². The molecule has 0 aliphatic heterocycles. The van der Waals surface area contributed by atoms with Crippen LogP contribution in [0, 0.1) is 0 Å². The van der Waals surface area contributed by atoms with Crippen LogP contribution in [0.5, 0.6) is 5.75 Å². The summed E-state index contributed by atoms with van der Waals surface area (Å²) < 4.78 is 5.18. The zero-order valence-electron chi connectivity index (χ0n) is 14.0. The summed E-state index contributed by atoms with van der Waals surface area (Å²) in [7, 11) is 1.68. The van der Waals surface area contributed by atoms with Crippen LogP contribution in [-0.4, -0.2) is 24.8 Å². The Morgan fingerprint density at radius 2 is 1.74 bits per heavy atom. The Labute approximate surface area is 144 Å². The average Bonchev–Trinajstić information content (AvgIpc) is 2.56. The fraction of sp³-hybridized carbons (Fsp3) is 0.316. The van der Waals surface area contributed by atoms with Crippen LogP contribution in [-0.2, 0) is 6.42 Å². The van der Waals surface area contributed by atoms with Gasteiger partial charge in [0.1, 0.15) is 5.75 Å². The highest BCUT2D eigenvalue weighted by Crippen LogP contribution is 2.17. The van der Waals surface area contributed by atoms with Crippen molar-refractivity contribution in [3.05, 3.63) is 60.2 Å². The molecule has 0 aliphatic rings. The summed E-state index contributed by atoms with van der Waals surface area (Å²) in [6.07, 6.45) is 0.921. The van der Waals surface area contributed by atoms with Crippen molar-refractivity contribution in [2.24, 2.45) is 0 Å². The Hall–Kier alpha value is -2.07. The number of benzene rings is 2. The highest BCUT2D eigenvalue weighted by atomic mass is 32.1. The standard InChI is InChI=1S/C19H24N2OS/c1-15(2)21(17-7-5-4-6-8-17)19(23)20-14-13-16-9-11-18(22-3)12-10-16/h4-12,15H,13-14H2,1-3H3,(H,20,23). The first kappa shape index (κ1) is 17.3. The molecular weight excluding hydrogens is 304 g/mol. The number of para-hydroxylation sites is 1. The molecule has 4 heteroatoms. The normalized spacial score (nSPS) is 10.4. The largest absolute Gasteiger partial charge is 0.497 e. The van der Waals surface area contributed by atoms with E-state index in [2.05, 4.69) is 48.3 Å². The fourth-order valence-electron chi connectivity index (χ4n) is 2.43. The number of nitrogens with zero attached hydrogens (tertiary/aromatic N) is 1. The molecule has 122 valence electrons. The zero-order valence-corrected chi connectivity index (χ0v) is 14.8. The SMILES string of the molecule is COc1ccc(CCNC(=S)N(c2ccccc2)C(C)C)cc1. The average molecular weight is 328 g/mol. The van der Waals surface area contributed by atoms with Gasteiger partial charge in [0.15, 0.2) is 5.11 Å². The van der Waals surface area contributed by atoms with Crippen molar-refractivity contribution in [3.63, 3.8) is 0 Å². The number of rotatable bonds is 6. The monoisotopic (exact) mass is 328 g/mol. The van der Waals surface area contributed by atoms with Crippen molar-refractivity contribution in [1.82, 2.24) is 5.32 Å². The maximum Gasteiger partial charge on any atom is 0.173 e. The third-order valence-electron chi connectivity index (χ3n) is 3.62. The molecule has 0 aliphatic carbocycles. The summed E-state index contributed by atoms with van der Waals surface area (Å²) in [6.45, 7) is 5.09. The molecule has 0 amide bonds. The highest BCUT2D eigenvalue weighted by molar-refractivity contribution is 7.80. The van der Waals surface area contributed by atoms with E-state index in [1.165, 1.54) is 5.56 Å². The molecule has 1 N–H and O–H groups in total. The van der Waals surface area contributed by atoms with Crippen LogP contribution in [0.25, 0.3) is 0 Å². The van der Waals surface area contributed by atoms with Gasteiger partial charge < -0.3 is 15.0 Å². The van der Waals surface area contributed by atoms with Crippen molar-refractivity contribution in [2.75, 3.05) is 18.6 Å². The predicted octanol–water partition coefficient (Wildman–Crippen LogP) is 4.03. The van der Waals surface area contributed by atoms with E-state index in [9.17, 15) is 0 Å². The molecule has 0 heterocycles. The Morgan fingerprint density at radius 1 is 1.09 bits per heavy atom. The van der Waals surface area contributed by atoms with Crippen LogP contribution < -0.4 is 15.0 Å². The molecule has 0 atom stereocenters. The van der Waals surface area contributed by atoms with E-state index in [0.29, 0.717) is 6.04 Å². The minimum atomic E-state index is 0.304. The summed E-state index contributed by atoms with van der Waals surface area (Å²) in [5, 5.41) is 4.13. The van der Waals surface area contributed by atoms with Gasteiger partial charge >= 0.3 is 0 Å². The smallest absolute Gasteiger partial charge is 0.173 e. The van der Waals surface area contributed by atoms with Gasteiger partial charge in [-0.25, -0.2) is 0 Å². The second kappa shape index (κ2) is 8.53. The molecule has 0 spiro atoms. The predicted molar refractivity (Wildman–Crippen MR) is 101 cm³/mol. The third kappa shape index (κ3) is 4.96. The molecule has 23 heavy (non-hydrogen) atoms. The van der Waals surface area contributed by atoms with E-state index in [1.807, 2.05) is 30.3 Å². The molecule has 0 bridgehead atoms. The van der Waals surface area contributed by atoms with Gasteiger partial charge in [0.2, 0.25) is 0 Å². The Bertz CT molecular complexity index is 611. The lowest BCUT2D eigenvalue weighted by Gasteiger charge is -2.29. The number of methoxy groups -OCH3 is 1. The number of anilines is 1. The Kier molecular flexibility index (Phi) is 6.41. The molecule has 2 rings (SSSR count). The second-order valence-corrected chi connectivity index (χ2v) is 6.02. The van der Waals surface area contributed by atoms with Gasteiger partial charge in [-0.05, 0) is 62.3 Å². The molecule has 0 unspecified atom stereocenters. The summed E-state index contributed by atoms with van der Waals surface area (Å²) >= 11 is 5.58. The molecule has 0 radical (unpaired) electrons. The molecule has 2 aromatic carbocycles. The van der Waals surface area contributed by atoms with Crippen LogP contribution >= 0.6 is 12.2 Å². The van der Waals surface area contributed by atoms with Gasteiger partial charge in [-0.2, -0.15) is 0 Å².